The largest absolute Gasteiger partial charge is 0.378 e. The molecule has 1 aliphatic heterocycles. The van der Waals surface area contributed by atoms with Crippen LogP contribution < -0.4 is 5.32 Å². The third-order valence-corrected chi connectivity index (χ3v) is 3.29. The van der Waals surface area contributed by atoms with Gasteiger partial charge in [0.05, 0.1) is 6.10 Å². The highest BCUT2D eigenvalue weighted by atomic mass is 35.5. The number of nitrogens with zero attached hydrogens (tertiary/aromatic N) is 2. The maximum absolute atomic E-state index is 5.81. The SMILES string of the molecule is CCC1OCCC1CNc1cc(C)nc(Cl)n1. The number of hydrogen-bond acceptors (Lipinski definition) is 4. The van der Waals surface area contributed by atoms with Gasteiger partial charge < -0.3 is 10.1 Å². The number of halogens is 1. The van der Waals surface area contributed by atoms with E-state index in [0.717, 1.165) is 37.5 Å². The first-order valence-electron chi connectivity index (χ1n) is 6.05. The zero-order valence-electron chi connectivity index (χ0n) is 10.2. The lowest BCUT2D eigenvalue weighted by molar-refractivity contribution is 0.0900. The molecule has 1 aliphatic rings. The normalized spacial score (nSPS) is 23.9. The van der Waals surface area contributed by atoms with Gasteiger partial charge in [0.2, 0.25) is 5.28 Å². The van der Waals surface area contributed by atoms with Crippen molar-refractivity contribution >= 4 is 17.4 Å². The van der Waals surface area contributed by atoms with E-state index in [-0.39, 0.29) is 0 Å². The molecule has 2 atom stereocenters. The number of rotatable bonds is 4. The topological polar surface area (TPSA) is 47.0 Å². The molecule has 17 heavy (non-hydrogen) atoms. The van der Waals surface area contributed by atoms with E-state index >= 15 is 0 Å². The number of nitrogens with one attached hydrogen (secondary N) is 1. The molecule has 2 rings (SSSR count). The van der Waals surface area contributed by atoms with E-state index in [0.29, 0.717) is 17.3 Å². The number of hydrogen-bond donors (Lipinski definition) is 1. The monoisotopic (exact) mass is 255 g/mol. The van der Waals surface area contributed by atoms with E-state index in [2.05, 4.69) is 22.2 Å². The third kappa shape index (κ3) is 3.30. The molecule has 1 saturated heterocycles. The van der Waals surface area contributed by atoms with Crippen LogP contribution in [-0.2, 0) is 4.74 Å². The number of ether oxygens (including phenoxy) is 1. The molecule has 0 aliphatic carbocycles. The Morgan fingerprint density at radius 1 is 1.53 bits per heavy atom. The van der Waals surface area contributed by atoms with Gasteiger partial charge in [-0.3, -0.25) is 0 Å². The average molecular weight is 256 g/mol. The van der Waals surface area contributed by atoms with Gasteiger partial charge in [-0.05, 0) is 31.4 Å². The maximum atomic E-state index is 5.81. The molecule has 1 N–H and O–H groups in total. The maximum Gasteiger partial charge on any atom is 0.224 e. The van der Waals surface area contributed by atoms with E-state index in [4.69, 9.17) is 16.3 Å². The first-order valence-corrected chi connectivity index (χ1v) is 6.43. The smallest absolute Gasteiger partial charge is 0.224 e. The Morgan fingerprint density at radius 2 is 2.35 bits per heavy atom. The molecule has 1 aromatic rings. The lowest BCUT2D eigenvalue weighted by Crippen LogP contribution is -2.23. The summed E-state index contributed by atoms with van der Waals surface area (Å²) in [6.07, 6.45) is 2.56. The number of aryl methyl sites for hydroxylation is 1. The van der Waals surface area contributed by atoms with Crippen LogP contribution >= 0.6 is 11.6 Å². The highest BCUT2D eigenvalue weighted by Gasteiger charge is 2.26. The summed E-state index contributed by atoms with van der Waals surface area (Å²) in [4.78, 5) is 8.18. The van der Waals surface area contributed by atoms with Crippen LogP contribution in [0.4, 0.5) is 5.82 Å². The molecular weight excluding hydrogens is 238 g/mol. The molecule has 0 amide bonds. The Bertz CT molecular complexity index is 366. The van der Waals surface area contributed by atoms with Gasteiger partial charge in [0.25, 0.3) is 0 Å². The van der Waals surface area contributed by atoms with Gasteiger partial charge in [-0.1, -0.05) is 6.92 Å². The molecule has 94 valence electrons. The Kier molecular flexibility index (Phi) is 4.18. The van der Waals surface area contributed by atoms with Crippen molar-refractivity contribution in [2.75, 3.05) is 18.5 Å². The van der Waals surface area contributed by atoms with E-state index < -0.39 is 0 Å². The third-order valence-electron chi connectivity index (χ3n) is 3.12. The van der Waals surface area contributed by atoms with E-state index in [9.17, 15) is 0 Å². The van der Waals surface area contributed by atoms with Crippen molar-refractivity contribution in [3.8, 4) is 0 Å². The molecule has 0 saturated carbocycles. The molecule has 1 fully saturated rings. The number of anilines is 1. The van der Waals surface area contributed by atoms with Gasteiger partial charge >= 0.3 is 0 Å². The Morgan fingerprint density at radius 3 is 3.06 bits per heavy atom. The van der Waals surface area contributed by atoms with Crippen LogP contribution in [-0.4, -0.2) is 29.2 Å². The van der Waals surface area contributed by atoms with Crippen molar-refractivity contribution in [3.05, 3.63) is 17.0 Å². The second-order valence-corrected chi connectivity index (χ2v) is 4.75. The van der Waals surface area contributed by atoms with Crippen LogP contribution in [0.2, 0.25) is 5.28 Å². The summed E-state index contributed by atoms with van der Waals surface area (Å²) in [5.74, 6) is 1.36. The van der Waals surface area contributed by atoms with E-state index in [1.54, 1.807) is 0 Å². The van der Waals surface area contributed by atoms with Crippen molar-refractivity contribution < 1.29 is 4.74 Å². The lowest BCUT2D eigenvalue weighted by atomic mass is 10.00. The molecule has 0 aromatic carbocycles. The highest BCUT2D eigenvalue weighted by molar-refractivity contribution is 6.28. The molecule has 1 aromatic heterocycles. The zero-order valence-corrected chi connectivity index (χ0v) is 11.0. The van der Waals surface area contributed by atoms with Crippen LogP contribution in [0, 0.1) is 12.8 Å². The molecule has 0 radical (unpaired) electrons. The summed E-state index contributed by atoms with van der Waals surface area (Å²) in [5.41, 5.74) is 0.877. The Hall–Kier alpha value is -0.870. The molecule has 2 heterocycles. The van der Waals surface area contributed by atoms with Gasteiger partial charge in [-0.15, -0.1) is 0 Å². The fourth-order valence-electron chi connectivity index (χ4n) is 2.24. The highest BCUT2D eigenvalue weighted by Crippen LogP contribution is 2.23. The quantitative estimate of drug-likeness (QED) is 0.841. The summed E-state index contributed by atoms with van der Waals surface area (Å²) in [6, 6.07) is 1.91. The van der Waals surface area contributed by atoms with Crippen molar-refractivity contribution in [1.29, 1.82) is 0 Å². The van der Waals surface area contributed by atoms with Crippen LogP contribution in [0.25, 0.3) is 0 Å². The second kappa shape index (κ2) is 5.65. The molecule has 0 bridgehead atoms. The standard InChI is InChI=1S/C12H18ClN3O/c1-3-10-9(4-5-17-10)7-14-11-6-8(2)15-12(13)16-11/h6,9-10H,3-5,7H2,1-2H3,(H,14,15,16). The zero-order chi connectivity index (χ0) is 12.3. The Labute approximate surface area is 107 Å². The lowest BCUT2D eigenvalue weighted by Gasteiger charge is -2.17. The first-order chi connectivity index (χ1) is 8.19. The number of aromatic nitrogens is 2. The predicted octanol–water partition coefficient (Wildman–Crippen LogP) is 2.67. The minimum Gasteiger partial charge on any atom is -0.378 e. The van der Waals surface area contributed by atoms with Gasteiger partial charge in [0.1, 0.15) is 5.82 Å². The van der Waals surface area contributed by atoms with Crippen LogP contribution in [0.15, 0.2) is 6.07 Å². The second-order valence-electron chi connectivity index (χ2n) is 4.41. The van der Waals surface area contributed by atoms with Crippen molar-refractivity contribution in [2.24, 2.45) is 5.92 Å². The Balaban J connectivity index is 1.93. The van der Waals surface area contributed by atoms with Crippen molar-refractivity contribution in [3.63, 3.8) is 0 Å². The molecule has 0 spiro atoms. The van der Waals surface area contributed by atoms with E-state index in [1.807, 2.05) is 13.0 Å². The average Bonchev–Trinajstić information content (AvgIpc) is 2.72. The van der Waals surface area contributed by atoms with Crippen LogP contribution in [0.5, 0.6) is 0 Å². The predicted molar refractivity (Wildman–Crippen MR) is 68.4 cm³/mol. The minimum atomic E-state index is 0.294. The van der Waals surface area contributed by atoms with Crippen molar-refractivity contribution in [2.45, 2.75) is 32.8 Å². The first kappa shape index (κ1) is 12.6. The van der Waals surface area contributed by atoms with Crippen LogP contribution in [0.1, 0.15) is 25.5 Å². The fourth-order valence-corrected chi connectivity index (χ4v) is 2.46. The van der Waals surface area contributed by atoms with Crippen LogP contribution in [0.3, 0.4) is 0 Å². The molecule has 4 nitrogen and oxygen atoms in total. The fraction of sp³-hybridized carbons (Fsp3) is 0.667. The van der Waals surface area contributed by atoms with Crippen molar-refractivity contribution in [1.82, 2.24) is 9.97 Å². The summed E-state index contributed by atoms with van der Waals surface area (Å²) in [6.45, 7) is 5.82. The van der Waals surface area contributed by atoms with Gasteiger partial charge in [0.15, 0.2) is 0 Å². The molecule has 5 heteroatoms. The summed E-state index contributed by atoms with van der Waals surface area (Å²) in [7, 11) is 0. The van der Waals surface area contributed by atoms with E-state index in [1.165, 1.54) is 0 Å². The summed E-state index contributed by atoms with van der Waals surface area (Å²) < 4.78 is 5.65. The van der Waals surface area contributed by atoms with Gasteiger partial charge in [-0.25, -0.2) is 9.97 Å². The van der Waals surface area contributed by atoms with Gasteiger partial charge in [-0.2, -0.15) is 0 Å². The summed E-state index contributed by atoms with van der Waals surface area (Å²) in [5, 5.41) is 3.61. The minimum absolute atomic E-state index is 0.294. The van der Waals surface area contributed by atoms with Gasteiger partial charge in [0, 0.05) is 30.8 Å². The summed E-state index contributed by atoms with van der Waals surface area (Å²) >= 11 is 5.81. The molecule has 2 unspecified atom stereocenters. The molecular formula is C12H18ClN3O.